The van der Waals surface area contributed by atoms with Crippen molar-refractivity contribution in [3.05, 3.63) is 70.8 Å². The summed E-state index contributed by atoms with van der Waals surface area (Å²) in [5.74, 6) is 0.651. The molecule has 2 aromatic carbocycles. The van der Waals surface area contributed by atoms with Gasteiger partial charge in [-0.15, -0.1) is 0 Å². The molecule has 2 rings (SSSR count). The molecule has 0 amide bonds. The van der Waals surface area contributed by atoms with Gasteiger partial charge in [0.1, 0.15) is 0 Å². The second-order valence-corrected chi connectivity index (χ2v) is 4.49. The molecule has 4 nitrogen and oxygen atoms in total. The van der Waals surface area contributed by atoms with E-state index in [-0.39, 0.29) is 0 Å². The molecule has 0 aliphatic carbocycles. The molecule has 0 atom stereocenters. The van der Waals surface area contributed by atoms with Crippen LogP contribution in [0.1, 0.15) is 22.3 Å². The molecule has 0 aliphatic heterocycles. The van der Waals surface area contributed by atoms with Crippen LogP contribution in [-0.2, 0) is 0 Å². The zero-order valence-electron chi connectivity index (χ0n) is 11.1. The summed E-state index contributed by atoms with van der Waals surface area (Å²) in [4.78, 5) is 0. The number of amidine groups is 2. The molecule has 100 valence electrons. The van der Waals surface area contributed by atoms with Crippen molar-refractivity contribution >= 4 is 23.8 Å². The zero-order chi connectivity index (χ0) is 14.5. The number of hydrogen-bond acceptors (Lipinski definition) is 0. The van der Waals surface area contributed by atoms with Crippen LogP contribution in [0, 0.1) is 0 Å². The SMILES string of the molecule is NC(=[NH2+])c1ccc(C=Cc2ccc(C(N)=[NH2+])cc2)cc1. The fraction of sp³-hybridized carbons (Fsp3) is 0. The van der Waals surface area contributed by atoms with Gasteiger partial charge < -0.3 is 0 Å². The van der Waals surface area contributed by atoms with Crippen LogP contribution >= 0.6 is 0 Å². The van der Waals surface area contributed by atoms with E-state index in [0.29, 0.717) is 11.7 Å². The first-order valence-electron chi connectivity index (χ1n) is 6.21. The smallest absolute Gasteiger partial charge is 0.270 e. The molecule has 0 bridgehead atoms. The first-order valence-corrected chi connectivity index (χ1v) is 6.21. The number of hydrogen-bond donors (Lipinski definition) is 4. The Morgan fingerprint density at radius 3 is 1.20 bits per heavy atom. The molecular weight excluding hydrogens is 248 g/mol. The second kappa shape index (κ2) is 5.84. The molecule has 2 aromatic rings. The maximum absolute atomic E-state index is 5.52. The highest BCUT2D eigenvalue weighted by molar-refractivity contribution is 5.93. The minimum Gasteiger partial charge on any atom is -0.287 e. The molecule has 0 fully saturated rings. The molecule has 0 aliphatic rings. The number of nitrogens with two attached hydrogens (primary N) is 4. The van der Waals surface area contributed by atoms with Crippen LogP contribution in [0.25, 0.3) is 12.2 Å². The quantitative estimate of drug-likeness (QED) is 0.317. The third kappa shape index (κ3) is 3.32. The standard InChI is InChI=1S/C16H16N4/c17-15(18)13-7-3-11(4-8-13)1-2-12-5-9-14(10-6-12)16(19)20/h1-10H,(H3,17,18)(H3,19,20)/p+2. The van der Waals surface area contributed by atoms with Crippen LogP contribution in [0.15, 0.2) is 48.5 Å². The molecular formula is C16H18N4+2. The Kier molecular flexibility index (Phi) is 3.96. The van der Waals surface area contributed by atoms with Crippen molar-refractivity contribution in [1.29, 1.82) is 0 Å². The van der Waals surface area contributed by atoms with Gasteiger partial charge in [0, 0.05) is 0 Å². The van der Waals surface area contributed by atoms with Crippen LogP contribution in [0.2, 0.25) is 0 Å². The van der Waals surface area contributed by atoms with E-state index in [1.165, 1.54) is 0 Å². The minimum atomic E-state index is 0.326. The van der Waals surface area contributed by atoms with Gasteiger partial charge in [-0.25, -0.2) is 0 Å². The molecule has 20 heavy (non-hydrogen) atoms. The van der Waals surface area contributed by atoms with Crippen molar-refractivity contribution in [2.24, 2.45) is 11.5 Å². The van der Waals surface area contributed by atoms with Crippen LogP contribution in [0.5, 0.6) is 0 Å². The third-order valence-electron chi connectivity index (χ3n) is 2.96. The summed E-state index contributed by atoms with van der Waals surface area (Å²) in [6.45, 7) is 0. The lowest BCUT2D eigenvalue weighted by molar-refractivity contribution is -0.115. The van der Waals surface area contributed by atoms with E-state index in [0.717, 1.165) is 22.3 Å². The van der Waals surface area contributed by atoms with Gasteiger partial charge in [0.15, 0.2) is 0 Å². The summed E-state index contributed by atoms with van der Waals surface area (Å²) in [6.07, 6.45) is 4.03. The molecule has 0 heterocycles. The highest BCUT2D eigenvalue weighted by Gasteiger charge is 2.00. The number of rotatable bonds is 4. The van der Waals surface area contributed by atoms with Gasteiger partial charge in [0.05, 0.1) is 11.1 Å². The van der Waals surface area contributed by atoms with E-state index in [9.17, 15) is 0 Å². The highest BCUT2D eigenvalue weighted by atomic mass is 14.7. The maximum Gasteiger partial charge on any atom is 0.270 e. The molecule has 4 heteroatoms. The first-order chi connectivity index (χ1) is 9.56. The van der Waals surface area contributed by atoms with Crippen molar-refractivity contribution in [3.8, 4) is 0 Å². The van der Waals surface area contributed by atoms with E-state index in [4.69, 9.17) is 22.3 Å². The van der Waals surface area contributed by atoms with Gasteiger partial charge in [-0.3, -0.25) is 22.3 Å². The number of benzene rings is 2. The second-order valence-electron chi connectivity index (χ2n) is 4.49. The topological polar surface area (TPSA) is 103 Å². The van der Waals surface area contributed by atoms with Gasteiger partial charge in [0.25, 0.3) is 11.7 Å². The molecule has 0 saturated carbocycles. The predicted octanol–water partition coefficient (Wildman–Crippen LogP) is -1.21. The lowest BCUT2D eigenvalue weighted by Crippen LogP contribution is -2.46. The van der Waals surface area contributed by atoms with E-state index in [1.54, 1.807) is 0 Å². The van der Waals surface area contributed by atoms with E-state index in [1.807, 2.05) is 60.7 Å². The van der Waals surface area contributed by atoms with Crippen molar-refractivity contribution in [1.82, 2.24) is 0 Å². The minimum absolute atomic E-state index is 0.326. The van der Waals surface area contributed by atoms with Crippen LogP contribution in [0.4, 0.5) is 0 Å². The molecule has 0 unspecified atom stereocenters. The van der Waals surface area contributed by atoms with Crippen molar-refractivity contribution in [2.75, 3.05) is 0 Å². The van der Waals surface area contributed by atoms with E-state index in [2.05, 4.69) is 0 Å². The summed E-state index contributed by atoms with van der Waals surface area (Å²) in [5.41, 5.74) is 14.9. The largest absolute Gasteiger partial charge is 0.287 e. The van der Waals surface area contributed by atoms with Gasteiger partial charge in [0.2, 0.25) is 0 Å². The van der Waals surface area contributed by atoms with Crippen molar-refractivity contribution in [2.45, 2.75) is 0 Å². The lowest BCUT2D eigenvalue weighted by atomic mass is 10.1. The summed E-state index contributed by atoms with van der Waals surface area (Å²) in [5, 5.41) is 11.0. The maximum atomic E-state index is 5.52. The normalized spacial score (nSPS) is 10.6. The van der Waals surface area contributed by atoms with Gasteiger partial charge >= 0.3 is 0 Å². The van der Waals surface area contributed by atoms with Crippen LogP contribution < -0.4 is 22.3 Å². The first kappa shape index (κ1) is 13.5. The molecule has 8 N–H and O–H groups in total. The Balaban J connectivity index is 2.12. The Bertz CT molecular complexity index is 592. The van der Waals surface area contributed by atoms with Crippen LogP contribution in [-0.4, -0.2) is 11.7 Å². The molecule has 0 saturated heterocycles. The molecule has 0 radical (unpaired) electrons. The van der Waals surface area contributed by atoms with Crippen molar-refractivity contribution in [3.63, 3.8) is 0 Å². The lowest BCUT2D eigenvalue weighted by Gasteiger charge is -1.97. The van der Waals surface area contributed by atoms with Gasteiger partial charge in [-0.05, 0) is 35.4 Å². The fourth-order valence-electron chi connectivity index (χ4n) is 1.77. The Morgan fingerprint density at radius 1 is 0.650 bits per heavy atom. The Morgan fingerprint density at radius 2 is 0.950 bits per heavy atom. The van der Waals surface area contributed by atoms with Gasteiger partial charge in [-0.1, -0.05) is 36.4 Å². The average Bonchev–Trinajstić information content (AvgIpc) is 2.46. The van der Waals surface area contributed by atoms with E-state index >= 15 is 0 Å². The monoisotopic (exact) mass is 266 g/mol. The van der Waals surface area contributed by atoms with Crippen molar-refractivity contribution < 1.29 is 10.8 Å². The third-order valence-corrected chi connectivity index (χ3v) is 2.96. The summed E-state index contributed by atoms with van der Waals surface area (Å²) >= 11 is 0. The van der Waals surface area contributed by atoms with Gasteiger partial charge in [-0.2, -0.15) is 0 Å². The van der Waals surface area contributed by atoms with Crippen LogP contribution in [0.3, 0.4) is 0 Å². The Hall–Kier alpha value is -2.88. The highest BCUT2D eigenvalue weighted by Crippen LogP contribution is 2.10. The molecule has 0 aromatic heterocycles. The fourth-order valence-corrected chi connectivity index (χ4v) is 1.77. The zero-order valence-corrected chi connectivity index (χ0v) is 11.1. The summed E-state index contributed by atoms with van der Waals surface area (Å²) in [6, 6.07) is 15.4. The Labute approximate surface area is 117 Å². The summed E-state index contributed by atoms with van der Waals surface area (Å²) < 4.78 is 0. The average molecular weight is 266 g/mol. The summed E-state index contributed by atoms with van der Waals surface area (Å²) in [7, 11) is 0. The molecule has 0 spiro atoms. The predicted molar refractivity (Wildman–Crippen MR) is 82.3 cm³/mol. The van der Waals surface area contributed by atoms with E-state index < -0.39 is 0 Å².